The Bertz CT molecular complexity index is 313. The number of benzene rings is 1. The van der Waals surface area contributed by atoms with Gasteiger partial charge in [-0.15, -0.1) is 0 Å². The second-order valence-electron chi connectivity index (χ2n) is 4.60. The summed E-state index contributed by atoms with van der Waals surface area (Å²) in [7, 11) is 0. The van der Waals surface area contributed by atoms with E-state index in [2.05, 4.69) is 39.0 Å². The lowest BCUT2D eigenvalue weighted by Gasteiger charge is -2.25. The molecule has 1 heteroatoms. The topological polar surface area (TPSA) is 0 Å². The van der Waals surface area contributed by atoms with Gasteiger partial charge in [0.2, 0.25) is 0 Å². The third-order valence-corrected chi connectivity index (χ3v) is 3.24. The number of hydrogen-bond acceptors (Lipinski definition) is 0. The van der Waals surface area contributed by atoms with Gasteiger partial charge in [-0.2, -0.15) is 0 Å². The van der Waals surface area contributed by atoms with Crippen LogP contribution in [0.3, 0.4) is 0 Å². The summed E-state index contributed by atoms with van der Waals surface area (Å²) in [6.45, 7) is 8.81. The van der Waals surface area contributed by atoms with E-state index in [1.54, 1.807) is 0 Å². The Morgan fingerprint density at radius 3 is 2.43 bits per heavy atom. The maximum Gasteiger partial charge on any atom is 0.0438 e. The summed E-state index contributed by atoms with van der Waals surface area (Å²) < 4.78 is 0. The van der Waals surface area contributed by atoms with E-state index in [4.69, 9.17) is 11.6 Å². The van der Waals surface area contributed by atoms with Crippen molar-refractivity contribution in [3.05, 3.63) is 34.3 Å². The average molecular weight is 211 g/mol. The summed E-state index contributed by atoms with van der Waals surface area (Å²) >= 11 is 6.12. The monoisotopic (exact) mass is 210 g/mol. The van der Waals surface area contributed by atoms with E-state index in [1.165, 1.54) is 18.4 Å². The molecule has 0 bridgehead atoms. The van der Waals surface area contributed by atoms with Gasteiger partial charge in [0.1, 0.15) is 0 Å². The third kappa shape index (κ3) is 2.51. The molecule has 78 valence electrons. The summed E-state index contributed by atoms with van der Waals surface area (Å²) in [5.41, 5.74) is 2.74. The standard InChI is InChI=1S/C13H19Cl/c1-5-8-13(3,4)11-7-6-10(2)12(14)9-11/h6-7,9H,5,8H2,1-4H3. The van der Waals surface area contributed by atoms with Crippen molar-refractivity contribution >= 4 is 11.6 Å². The quantitative estimate of drug-likeness (QED) is 0.677. The van der Waals surface area contributed by atoms with Crippen LogP contribution >= 0.6 is 11.6 Å². The lowest BCUT2D eigenvalue weighted by molar-refractivity contribution is 0.473. The summed E-state index contributed by atoms with van der Waals surface area (Å²) in [4.78, 5) is 0. The van der Waals surface area contributed by atoms with Crippen LogP contribution in [-0.2, 0) is 5.41 Å². The van der Waals surface area contributed by atoms with Crippen LogP contribution < -0.4 is 0 Å². The third-order valence-electron chi connectivity index (χ3n) is 2.83. The van der Waals surface area contributed by atoms with Crippen molar-refractivity contribution in [1.82, 2.24) is 0 Å². The van der Waals surface area contributed by atoms with Crippen molar-refractivity contribution in [2.75, 3.05) is 0 Å². The molecule has 0 heterocycles. The zero-order valence-corrected chi connectivity index (χ0v) is 10.3. The molecule has 0 atom stereocenters. The molecule has 0 N–H and O–H groups in total. The van der Waals surface area contributed by atoms with Crippen molar-refractivity contribution in [1.29, 1.82) is 0 Å². The molecule has 0 aromatic heterocycles. The molecule has 0 aliphatic carbocycles. The van der Waals surface area contributed by atoms with Crippen LogP contribution in [0.2, 0.25) is 5.02 Å². The summed E-state index contributed by atoms with van der Waals surface area (Å²) in [5.74, 6) is 0. The summed E-state index contributed by atoms with van der Waals surface area (Å²) in [5, 5.41) is 0.881. The van der Waals surface area contributed by atoms with E-state index in [9.17, 15) is 0 Å². The number of halogens is 1. The fourth-order valence-corrected chi connectivity index (χ4v) is 1.96. The molecule has 1 aromatic carbocycles. The highest BCUT2D eigenvalue weighted by Gasteiger charge is 2.19. The molecule has 0 aliphatic heterocycles. The number of rotatable bonds is 3. The van der Waals surface area contributed by atoms with Gasteiger partial charge in [0.05, 0.1) is 0 Å². The molecule has 0 spiro atoms. The van der Waals surface area contributed by atoms with E-state index in [0.29, 0.717) is 0 Å². The molecular formula is C13H19Cl. The Morgan fingerprint density at radius 1 is 1.29 bits per heavy atom. The van der Waals surface area contributed by atoms with Gasteiger partial charge in [0.25, 0.3) is 0 Å². The van der Waals surface area contributed by atoms with Crippen molar-refractivity contribution in [2.45, 2.75) is 46.0 Å². The van der Waals surface area contributed by atoms with Gasteiger partial charge in [-0.05, 0) is 36.0 Å². The van der Waals surface area contributed by atoms with Crippen molar-refractivity contribution in [3.63, 3.8) is 0 Å². The molecule has 0 nitrogen and oxygen atoms in total. The fraction of sp³-hybridized carbons (Fsp3) is 0.538. The lowest BCUT2D eigenvalue weighted by Crippen LogP contribution is -2.16. The van der Waals surface area contributed by atoms with Crippen LogP contribution in [0.25, 0.3) is 0 Å². The predicted octanol–water partition coefficient (Wildman–Crippen LogP) is 4.73. The zero-order chi connectivity index (χ0) is 10.8. The van der Waals surface area contributed by atoms with Gasteiger partial charge in [-0.1, -0.05) is 50.9 Å². The first-order valence-corrected chi connectivity index (χ1v) is 5.62. The Labute approximate surface area is 92.3 Å². The molecule has 0 aliphatic rings. The maximum atomic E-state index is 6.12. The SMILES string of the molecule is CCCC(C)(C)c1ccc(C)c(Cl)c1. The Kier molecular flexibility index (Phi) is 3.60. The average Bonchev–Trinajstić information content (AvgIpc) is 2.09. The highest BCUT2D eigenvalue weighted by molar-refractivity contribution is 6.31. The first kappa shape index (κ1) is 11.6. The van der Waals surface area contributed by atoms with Gasteiger partial charge >= 0.3 is 0 Å². The van der Waals surface area contributed by atoms with Crippen molar-refractivity contribution in [3.8, 4) is 0 Å². The molecule has 14 heavy (non-hydrogen) atoms. The van der Waals surface area contributed by atoms with Gasteiger partial charge in [0, 0.05) is 5.02 Å². The van der Waals surface area contributed by atoms with Gasteiger partial charge in [-0.3, -0.25) is 0 Å². The largest absolute Gasteiger partial charge is 0.0840 e. The van der Waals surface area contributed by atoms with Crippen LogP contribution in [-0.4, -0.2) is 0 Å². The molecule has 1 aromatic rings. The fourth-order valence-electron chi connectivity index (χ4n) is 1.78. The molecule has 1 rings (SSSR count). The van der Waals surface area contributed by atoms with Crippen LogP contribution in [0.4, 0.5) is 0 Å². The molecular weight excluding hydrogens is 192 g/mol. The highest BCUT2D eigenvalue weighted by atomic mass is 35.5. The van der Waals surface area contributed by atoms with E-state index in [1.807, 2.05) is 6.92 Å². The minimum atomic E-state index is 0.242. The van der Waals surface area contributed by atoms with Crippen molar-refractivity contribution < 1.29 is 0 Å². The van der Waals surface area contributed by atoms with Gasteiger partial charge < -0.3 is 0 Å². The minimum Gasteiger partial charge on any atom is -0.0840 e. The molecule has 0 saturated heterocycles. The van der Waals surface area contributed by atoms with Gasteiger partial charge in [0.15, 0.2) is 0 Å². The van der Waals surface area contributed by atoms with Gasteiger partial charge in [-0.25, -0.2) is 0 Å². The van der Waals surface area contributed by atoms with Crippen molar-refractivity contribution in [2.24, 2.45) is 0 Å². The van der Waals surface area contributed by atoms with Crippen LogP contribution in [0.15, 0.2) is 18.2 Å². The smallest absolute Gasteiger partial charge is 0.0438 e. The number of hydrogen-bond donors (Lipinski definition) is 0. The second kappa shape index (κ2) is 4.35. The molecule has 0 saturated carbocycles. The van der Waals surface area contributed by atoms with E-state index >= 15 is 0 Å². The van der Waals surface area contributed by atoms with E-state index in [-0.39, 0.29) is 5.41 Å². The zero-order valence-electron chi connectivity index (χ0n) is 9.52. The first-order valence-electron chi connectivity index (χ1n) is 5.24. The Balaban J connectivity index is 3.01. The molecule has 0 fully saturated rings. The highest BCUT2D eigenvalue weighted by Crippen LogP contribution is 2.30. The molecule has 0 radical (unpaired) electrons. The van der Waals surface area contributed by atoms with E-state index in [0.717, 1.165) is 10.6 Å². The van der Waals surface area contributed by atoms with Crippen LogP contribution in [0.5, 0.6) is 0 Å². The van der Waals surface area contributed by atoms with E-state index < -0.39 is 0 Å². The Morgan fingerprint density at radius 2 is 1.93 bits per heavy atom. The summed E-state index contributed by atoms with van der Waals surface area (Å²) in [6, 6.07) is 6.40. The lowest BCUT2D eigenvalue weighted by atomic mass is 9.80. The predicted molar refractivity (Wildman–Crippen MR) is 64.1 cm³/mol. The normalized spacial score (nSPS) is 11.8. The van der Waals surface area contributed by atoms with Crippen LogP contribution in [0.1, 0.15) is 44.7 Å². The van der Waals surface area contributed by atoms with Crippen LogP contribution in [0, 0.1) is 6.92 Å². The number of aryl methyl sites for hydroxylation is 1. The molecule has 0 amide bonds. The summed E-state index contributed by atoms with van der Waals surface area (Å²) in [6.07, 6.45) is 2.41. The maximum absolute atomic E-state index is 6.12. The minimum absolute atomic E-state index is 0.242. The molecule has 0 unspecified atom stereocenters. The Hall–Kier alpha value is -0.490. The second-order valence-corrected chi connectivity index (χ2v) is 5.01. The first-order chi connectivity index (χ1) is 6.47.